The van der Waals surface area contributed by atoms with Crippen molar-refractivity contribution < 1.29 is 24.2 Å². The van der Waals surface area contributed by atoms with Gasteiger partial charge in [0, 0.05) is 36.2 Å². The molecule has 4 rings (SSSR count). The Morgan fingerprint density at radius 2 is 1.91 bits per heavy atom. The van der Waals surface area contributed by atoms with E-state index in [0.29, 0.717) is 31.1 Å². The van der Waals surface area contributed by atoms with E-state index in [0.717, 1.165) is 41.7 Å². The highest BCUT2D eigenvalue weighted by Crippen LogP contribution is 2.40. The molecule has 1 N–H and O–H groups in total. The molecule has 2 saturated heterocycles. The molecule has 2 fully saturated rings. The number of benzene rings is 2. The van der Waals surface area contributed by atoms with Gasteiger partial charge in [0.2, 0.25) is 0 Å². The first-order chi connectivity index (χ1) is 16.4. The fourth-order valence-electron chi connectivity index (χ4n) is 4.60. The van der Waals surface area contributed by atoms with Crippen LogP contribution in [0.3, 0.4) is 0 Å². The lowest BCUT2D eigenvalue weighted by molar-refractivity contribution is -0.140. The molecule has 34 heavy (non-hydrogen) atoms. The number of hydrogen-bond donors (Lipinski definition) is 1. The van der Waals surface area contributed by atoms with Crippen LogP contribution in [0.4, 0.5) is 0 Å². The highest BCUT2D eigenvalue weighted by Gasteiger charge is 2.46. The molecule has 7 nitrogen and oxygen atoms in total. The first kappa shape index (κ1) is 24.4. The van der Waals surface area contributed by atoms with Gasteiger partial charge in [-0.05, 0) is 54.8 Å². The van der Waals surface area contributed by atoms with Crippen molar-refractivity contribution in [1.82, 2.24) is 9.80 Å². The van der Waals surface area contributed by atoms with Crippen molar-refractivity contribution in [3.63, 3.8) is 0 Å². The molecule has 2 aliphatic heterocycles. The van der Waals surface area contributed by atoms with Crippen molar-refractivity contribution in [2.45, 2.75) is 19.4 Å². The van der Waals surface area contributed by atoms with Crippen LogP contribution in [0.15, 0.2) is 52.5 Å². The van der Waals surface area contributed by atoms with E-state index < -0.39 is 17.7 Å². The molecule has 0 aromatic heterocycles. The van der Waals surface area contributed by atoms with Crippen LogP contribution >= 0.6 is 15.9 Å². The van der Waals surface area contributed by atoms with Crippen LogP contribution in [0.2, 0.25) is 0 Å². The molecule has 1 atom stereocenters. The number of aliphatic hydroxyl groups excluding tert-OH is 1. The minimum absolute atomic E-state index is 0.114. The number of carbonyl (C=O) groups is 2. The highest BCUT2D eigenvalue weighted by molar-refractivity contribution is 9.10. The topological polar surface area (TPSA) is 79.3 Å². The summed E-state index contributed by atoms with van der Waals surface area (Å²) >= 11 is 3.49. The summed E-state index contributed by atoms with van der Waals surface area (Å²) in [4.78, 5) is 30.3. The van der Waals surface area contributed by atoms with Crippen LogP contribution in [0.25, 0.3) is 5.76 Å². The number of hydrogen-bond acceptors (Lipinski definition) is 6. The fourth-order valence-corrected chi connectivity index (χ4v) is 5.01. The van der Waals surface area contributed by atoms with Gasteiger partial charge in [0.25, 0.3) is 11.7 Å². The van der Waals surface area contributed by atoms with E-state index in [4.69, 9.17) is 9.47 Å². The maximum atomic E-state index is 13.2. The van der Waals surface area contributed by atoms with Crippen molar-refractivity contribution >= 4 is 33.4 Å². The minimum atomic E-state index is -0.663. The number of carbonyl (C=O) groups excluding carboxylic acids is 2. The number of methoxy groups -OCH3 is 1. The smallest absolute Gasteiger partial charge is 0.295 e. The van der Waals surface area contributed by atoms with E-state index in [1.54, 1.807) is 30.2 Å². The molecule has 2 aromatic carbocycles. The lowest BCUT2D eigenvalue weighted by Gasteiger charge is -2.29. The molecule has 180 valence electrons. The summed E-state index contributed by atoms with van der Waals surface area (Å²) in [6.07, 6.45) is 0.721. The van der Waals surface area contributed by atoms with Crippen LogP contribution < -0.4 is 4.74 Å². The van der Waals surface area contributed by atoms with Crippen LogP contribution in [0, 0.1) is 6.92 Å². The van der Waals surface area contributed by atoms with Crippen LogP contribution in [-0.2, 0) is 14.3 Å². The summed E-state index contributed by atoms with van der Waals surface area (Å²) in [5.74, 6) is -0.760. The van der Waals surface area contributed by atoms with E-state index in [1.165, 1.54) is 0 Å². The zero-order valence-electron chi connectivity index (χ0n) is 19.4. The van der Waals surface area contributed by atoms with E-state index in [9.17, 15) is 14.7 Å². The maximum absolute atomic E-state index is 13.2. The Hall–Kier alpha value is -2.68. The molecular weight excluding hydrogens is 500 g/mol. The number of morpholine rings is 1. The van der Waals surface area contributed by atoms with Crippen LogP contribution in [0.5, 0.6) is 5.75 Å². The van der Waals surface area contributed by atoms with Gasteiger partial charge in [0.05, 0.1) is 31.9 Å². The lowest BCUT2D eigenvalue weighted by atomic mass is 9.94. The second-order valence-corrected chi connectivity index (χ2v) is 9.45. The SMILES string of the molecule is COc1ccc(/C(O)=C2\C(=O)C(=O)N(CCCN3CCOCC3)[C@H]2c2cccc(Br)c2)c(C)c1. The third-order valence-electron chi connectivity index (χ3n) is 6.37. The number of rotatable bonds is 7. The van der Waals surface area contributed by atoms with Gasteiger partial charge in [-0.1, -0.05) is 28.1 Å². The Kier molecular flexibility index (Phi) is 7.70. The van der Waals surface area contributed by atoms with Crippen molar-refractivity contribution in [2.75, 3.05) is 46.5 Å². The van der Waals surface area contributed by atoms with Gasteiger partial charge in [-0.15, -0.1) is 0 Å². The predicted molar refractivity (Wildman–Crippen MR) is 133 cm³/mol. The van der Waals surface area contributed by atoms with E-state index in [2.05, 4.69) is 20.8 Å². The molecule has 0 radical (unpaired) electrons. The average Bonchev–Trinajstić information content (AvgIpc) is 3.09. The second kappa shape index (κ2) is 10.7. The lowest BCUT2D eigenvalue weighted by Crippen LogP contribution is -2.38. The summed E-state index contributed by atoms with van der Waals surface area (Å²) in [6, 6.07) is 12.1. The number of ether oxygens (including phenoxy) is 2. The number of halogens is 1. The van der Waals surface area contributed by atoms with Crippen molar-refractivity contribution in [2.24, 2.45) is 0 Å². The van der Waals surface area contributed by atoms with Crippen molar-refractivity contribution in [3.05, 3.63) is 69.2 Å². The number of likely N-dealkylation sites (tertiary alicyclic amines) is 1. The Balaban J connectivity index is 1.70. The van der Waals surface area contributed by atoms with Crippen molar-refractivity contribution in [1.29, 1.82) is 0 Å². The van der Waals surface area contributed by atoms with E-state index in [1.807, 2.05) is 31.2 Å². The van der Waals surface area contributed by atoms with Gasteiger partial charge in [0.1, 0.15) is 11.5 Å². The van der Waals surface area contributed by atoms with Gasteiger partial charge in [-0.25, -0.2) is 0 Å². The summed E-state index contributed by atoms with van der Waals surface area (Å²) < 4.78 is 11.5. The third-order valence-corrected chi connectivity index (χ3v) is 6.86. The standard InChI is InChI=1S/C26H29BrN2O5/c1-17-15-20(33-2)7-8-21(17)24(30)22-23(18-5-3-6-19(27)16-18)29(26(32)25(22)31)10-4-9-28-11-13-34-14-12-28/h3,5-8,15-16,23,30H,4,9-14H2,1-2H3/b24-22+/t23-/m0/s1. The molecule has 2 heterocycles. The quantitative estimate of drug-likeness (QED) is 0.333. The third kappa shape index (κ3) is 5.04. The Morgan fingerprint density at radius 3 is 2.59 bits per heavy atom. The molecule has 0 spiro atoms. The maximum Gasteiger partial charge on any atom is 0.295 e. The van der Waals surface area contributed by atoms with E-state index in [-0.39, 0.29) is 11.3 Å². The monoisotopic (exact) mass is 528 g/mol. The molecule has 0 unspecified atom stereocenters. The molecule has 2 aliphatic rings. The zero-order valence-corrected chi connectivity index (χ0v) is 21.0. The molecule has 0 aliphatic carbocycles. The number of aryl methyl sites for hydroxylation is 1. The Morgan fingerprint density at radius 1 is 1.15 bits per heavy atom. The fraction of sp³-hybridized carbons (Fsp3) is 0.385. The average molecular weight is 529 g/mol. The van der Waals surface area contributed by atoms with Gasteiger partial charge < -0.3 is 19.5 Å². The van der Waals surface area contributed by atoms with Gasteiger partial charge >= 0.3 is 0 Å². The largest absolute Gasteiger partial charge is 0.507 e. The summed E-state index contributed by atoms with van der Waals surface area (Å²) in [6.45, 7) is 6.22. The first-order valence-corrected chi connectivity index (χ1v) is 12.2. The molecule has 2 aromatic rings. The number of aliphatic hydroxyl groups is 1. The molecule has 1 amide bonds. The van der Waals surface area contributed by atoms with Crippen LogP contribution in [0.1, 0.15) is 29.2 Å². The zero-order chi connectivity index (χ0) is 24.2. The first-order valence-electron chi connectivity index (χ1n) is 11.4. The molecule has 8 heteroatoms. The number of ketones is 1. The number of Topliss-reactive ketones (excluding diaryl/α,β-unsaturated/α-hetero) is 1. The molecule has 0 saturated carbocycles. The molecular formula is C26H29BrN2O5. The van der Waals surface area contributed by atoms with Crippen molar-refractivity contribution in [3.8, 4) is 5.75 Å². The highest BCUT2D eigenvalue weighted by atomic mass is 79.9. The Bertz CT molecular complexity index is 1110. The number of nitrogens with zero attached hydrogens (tertiary/aromatic N) is 2. The summed E-state index contributed by atoms with van der Waals surface area (Å²) in [5.41, 5.74) is 2.14. The summed E-state index contributed by atoms with van der Waals surface area (Å²) in [5, 5.41) is 11.3. The van der Waals surface area contributed by atoms with Gasteiger partial charge in [-0.3, -0.25) is 14.5 Å². The second-order valence-electron chi connectivity index (χ2n) is 8.54. The van der Waals surface area contributed by atoms with Crippen LogP contribution in [-0.4, -0.2) is 73.1 Å². The predicted octanol–water partition coefficient (Wildman–Crippen LogP) is 3.91. The summed E-state index contributed by atoms with van der Waals surface area (Å²) in [7, 11) is 1.57. The molecule has 0 bridgehead atoms. The minimum Gasteiger partial charge on any atom is -0.507 e. The Labute approximate surface area is 208 Å². The normalized spacial score (nSPS) is 20.7. The number of amides is 1. The van der Waals surface area contributed by atoms with E-state index >= 15 is 0 Å². The van der Waals surface area contributed by atoms with Gasteiger partial charge in [-0.2, -0.15) is 0 Å². The van der Waals surface area contributed by atoms with Gasteiger partial charge in [0.15, 0.2) is 0 Å².